The molecular weight excluding hydrogens is 354 g/mol. The zero-order chi connectivity index (χ0) is 20.5. The van der Waals surface area contributed by atoms with Crippen molar-refractivity contribution < 1.29 is 14.3 Å². The normalized spacial score (nSPS) is 10.9. The van der Waals surface area contributed by atoms with Crippen molar-refractivity contribution in [2.24, 2.45) is 5.10 Å². The molecule has 6 nitrogen and oxygen atoms in total. The van der Waals surface area contributed by atoms with Gasteiger partial charge in [-0.1, -0.05) is 32.0 Å². The molecule has 148 valence electrons. The van der Waals surface area contributed by atoms with Crippen LogP contribution in [-0.2, 0) is 9.59 Å². The van der Waals surface area contributed by atoms with Gasteiger partial charge in [0.05, 0.1) is 13.3 Å². The molecule has 0 spiro atoms. The first kappa shape index (κ1) is 21.2. The third-order valence-electron chi connectivity index (χ3n) is 4.27. The number of hydrogen-bond acceptors (Lipinski definition) is 4. The zero-order valence-electron chi connectivity index (χ0n) is 16.8. The molecule has 0 radical (unpaired) electrons. The molecule has 2 N–H and O–H groups in total. The van der Waals surface area contributed by atoms with Gasteiger partial charge in [-0.05, 0) is 53.8 Å². The molecule has 0 heterocycles. The third kappa shape index (κ3) is 6.23. The molecule has 0 atom stereocenters. The Bertz CT molecular complexity index is 846. The molecule has 0 aliphatic rings. The van der Waals surface area contributed by atoms with Gasteiger partial charge in [0.1, 0.15) is 5.75 Å². The number of aryl methyl sites for hydroxylation is 1. The van der Waals surface area contributed by atoms with Gasteiger partial charge in [-0.3, -0.25) is 9.59 Å². The molecule has 0 saturated carbocycles. The number of anilines is 1. The summed E-state index contributed by atoms with van der Waals surface area (Å²) < 4.78 is 5.43. The summed E-state index contributed by atoms with van der Waals surface area (Å²) in [5.74, 6) is 0.631. The van der Waals surface area contributed by atoms with Gasteiger partial charge < -0.3 is 10.1 Å². The van der Waals surface area contributed by atoms with Crippen molar-refractivity contribution in [3.63, 3.8) is 0 Å². The highest BCUT2D eigenvalue weighted by Gasteiger charge is 2.11. The number of methoxy groups -OCH3 is 1. The number of hydrogen-bond donors (Lipinski definition) is 2. The Morgan fingerprint density at radius 3 is 2.43 bits per heavy atom. The fourth-order valence-corrected chi connectivity index (χ4v) is 2.68. The van der Waals surface area contributed by atoms with E-state index in [1.54, 1.807) is 25.5 Å². The molecule has 0 fully saturated rings. The maximum atomic E-state index is 11.9. The van der Waals surface area contributed by atoms with Gasteiger partial charge >= 0.3 is 0 Å². The summed E-state index contributed by atoms with van der Waals surface area (Å²) in [5, 5.41) is 6.77. The maximum Gasteiger partial charge on any atom is 0.240 e. The minimum absolute atomic E-state index is 0.0643. The largest absolute Gasteiger partial charge is 0.496 e. The molecule has 2 aromatic carbocycles. The number of benzene rings is 2. The van der Waals surface area contributed by atoms with E-state index in [0.717, 1.165) is 22.4 Å². The molecular formula is C22H27N3O3. The van der Waals surface area contributed by atoms with E-state index in [2.05, 4.69) is 29.7 Å². The maximum absolute atomic E-state index is 11.9. The number of para-hydroxylation sites is 1. The summed E-state index contributed by atoms with van der Waals surface area (Å²) in [4.78, 5) is 23.8. The number of ether oxygens (including phenoxy) is 1. The molecule has 2 aromatic rings. The summed E-state index contributed by atoms with van der Waals surface area (Å²) >= 11 is 0. The number of rotatable bonds is 8. The van der Waals surface area contributed by atoms with Crippen molar-refractivity contribution in [1.82, 2.24) is 5.43 Å². The lowest BCUT2D eigenvalue weighted by atomic mass is 9.97. The lowest BCUT2D eigenvalue weighted by Gasteiger charge is -2.14. The number of amides is 2. The van der Waals surface area contributed by atoms with E-state index in [1.807, 2.05) is 37.3 Å². The number of nitrogens with zero attached hydrogens (tertiary/aromatic N) is 1. The molecule has 0 bridgehead atoms. The van der Waals surface area contributed by atoms with E-state index in [4.69, 9.17) is 4.74 Å². The fourth-order valence-electron chi connectivity index (χ4n) is 2.68. The van der Waals surface area contributed by atoms with Crippen molar-refractivity contribution >= 4 is 23.7 Å². The van der Waals surface area contributed by atoms with Crippen LogP contribution in [0.4, 0.5) is 5.69 Å². The molecule has 2 amide bonds. The predicted octanol–water partition coefficient (Wildman–Crippen LogP) is 4.00. The summed E-state index contributed by atoms with van der Waals surface area (Å²) in [6.07, 6.45) is 1.77. The molecule has 0 aromatic heterocycles. The molecule has 28 heavy (non-hydrogen) atoms. The monoisotopic (exact) mass is 381 g/mol. The van der Waals surface area contributed by atoms with Crippen molar-refractivity contribution in [3.05, 3.63) is 59.2 Å². The first-order valence-electron chi connectivity index (χ1n) is 9.26. The highest BCUT2D eigenvalue weighted by molar-refractivity contribution is 5.93. The minimum Gasteiger partial charge on any atom is -0.496 e. The van der Waals surface area contributed by atoms with Crippen molar-refractivity contribution in [2.45, 2.75) is 39.5 Å². The number of nitrogens with one attached hydrogen (secondary N) is 2. The Morgan fingerprint density at radius 2 is 1.79 bits per heavy atom. The van der Waals surface area contributed by atoms with Gasteiger partial charge in [-0.15, -0.1) is 0 Å². The Hall–Kier alpha value is -3.15. The SMILES string of the molecule is COc1cc(C)c(C=NNC(=O)CCC(=O)Nc2ccccc2)cc1C(C)C. The van der Waals surface area contributed by atoms with Gasteiger partial charge in [0.2, 0.25) is 11.8 Å². The Balaban J connectivity index is 1.87. The van der Waals surface area contributed by atoms with Gasteiger partial charge in [0, 0.05) is 18.5 Å². The van der Waals surface area contributed by atoms with E-state index >= 15 is 0 Å². The Morgan fingerprint density at radius 1 is 1.11 bits per heavy atom. The average molecular weight is 381 g/mol. The van der Waals surface area contributed by atoms with Crippen LogP contribution in [0, 0.1) is 6.92 Å². The van der Waals surface area contributed by atoms with Crippen LogP contribution < -0.4 is 15.5 Å². The summed E-state index contributed by atoms with van der Waals surface area (Å²) in [5.41, 5.74) is 6.18. The Labute approximate surface area is 166 Å². The van der Waals surface area contributed by atoms with Crippen molar-refractivity contribution in [1.29, 1.82) is 0 Å². The van der Waals surface area contributed by atoms with E-state index < -0.39 is 0 Å². The zero-order valence-corrected chi connectivity index (χ0v) is 16.8. The van der Waals surface area contributed by atoms with Crippen LogP contribution in [0.25, 0.3) is 0 Å². The van der Waals surface area contributed by atoms with Crippen molar-refractivity contribution in [3.8, 4) is 5.75 Å². The van der Waals surface area contributed by atoms with E-state index in [1.165, 1.54) is 0 Å². The molecule has 0 aliphatic carbocycles. The average Bonchev–Trinajstić information content (AvgIpc) is 2.67. The second-order valence-corrected chi connectivity index (χ2v) is 6.81. The quantitative estimate of drug-likeness (QED) is 0.536. The highest BCUT2D eigenvalue weighted by atomic mass is 16.5. The summed E-state index contributed by atoms with van der Waals surface area (Å²) in [6, 6.07) is 13.1. The van der Waals surface area contributed by atoms with Crippen LogP contribution in [0.5, 0.6) is 5.75 Å². The summed E-state index contributed by atoms with van der Waals surface area (Å²) in [6.45, 7) is 6.15. The van der Waals surface area contributed by atoms with Gasteiger partial charge in [-0.25, -0.2) is 5.43 Å². The predicted molar refractivity (Wildman–Crippen MR) is 112 cm³/mol. The smallest absolute Gasteiger partial charge is 0.240 e. The Kier molecular flexibility index (Phi) is 7.75. The standard InChI is InChI=1S/C22H27N3O3/c1-15(2)19-13-17(16(3)12-20(19)28-4)14-23-25-22(27)11-10-21(26)24-18-8-6-5-7-9-18/h5-9,12-15H,10-11H2,1-4H3,(H,24,26)(H,25,27). The van der Waals surface area contributed by atoms with Crippen LogP contribution in [0.2, 0.25) is 0 Å². The summed E-state index contributed by atoms with van der Waals surface area (Å²) in [7, 11) is 1.66. The second kappa shape index (κ2) is 10.3. The highest BCUT2D eigenvalue weighted by Crippen LogP contribution is 2.28. The van der Waals surface area contributed by atoms with Crippen LogP contribution >= 0.6 is 0 Å². The molecule has 2 rings (SSSR count). The first-order chi connectivity index (χ1) is 13.4. The van der Waals surface area contributed by atoms with Crippen LogP contribution in [0.1, 0.15) is 49.3 Å². The van der Waals surface area contributed by atoms with Gasteiger partial charge in [-0.2, -0.15) is 5.10 Å². The molecule has 0 saturated heterocycles. The fraction of sp³-hybridized carbons (Fsp3) is 0.318. The topological polar surface area (TPSA) is 79.8 Å². The van der Waals surface area contributed by atoms with E-state index in [9.17, 15) is 9.59 Å². The van der Waals surface area contributed by atoms with Crippen molar-refractivity contribution in [2.75, 3.05) is 12.4 Å². The number of hydrazone groups is 1. The molecule has 0 unspecified atom stereocenters. The van der Waals surface area contributed by atoms with Gasteiger partial charge in [0.15, 0.2) is 0 Å². The first-order valence-corrected chi connectivity index (χ1v) is 9.26. The molecule has 6 heteroatoms. The van der Waals surface area contributed by atoms with Gasteiger partial charge in [0.25, 0.3) is 0 Å². The number of carbonyl (C=O) groups excluding carboxylic acids is 2. The molecule has 0 aliphatic heterocycles. The van der Waals surface area contributed by atoms with Crippen LogP contribution in [0.3, 0.4) is 0 Å². The lowest BCUT2D eigenvalue weighted by Crippen LogP contribution is -2.20. The van der Waals surface area contributed by atoms with Crippen LogP contribution in [0.15, 0.2) is 47.6 Å². The third-order valence-corrected chi connectivity index (χ3v) is 4.27. The number of carbonyl (C=O) groups is 2. The minimum atomic E-state index is -0.310. The lowest BCUT2D eigenvalue weighted by molar-refractivity contribution is -0.124. The van der Waals surface area contributed by atoms with E-state index in [0.29, 0.717) is 11.6 Å². The van der Waals surface area contributed by atoms with E-state index in [-0.39, 0.29) is 24.7 Å². The van der Waals surface area contributed by atoms with Crippen LogP contribution in [-0.4, -0.2) is 25.1 Å². The second-order valence-electron chi connectivity index (χ2n) is 6.81.